The Morgan fingerprint density at radius 1 is 0.333 bits per heavy atom. The van der Waals surface area contributed by atoms with E-state index in [0.29, 0.717) is 17.5 Å². The number of aromatic nitrogens is 3. The highest BCUT2D eigenvalue weighted by Gasteiger charge is 2.18. The second-order valence-corrected chi connectivity index (χ2v) is 14.2. The molecule has 0 bridgehead atoms. The molecule has 0 unspecified atom stereocenters. The van der Waals surface area contributed by atoms with E-state index in [1.807, 2.05) is 11.3 Å². The molecule has 3 aromatic heterocycles. The first-order valence-corrected chi connectivity index (χ1v) is 17.6. The second-order valence-electron chi connectivity index (χ2n) is 12.0. The van der Waals surface area contributed by atoms with Gasteiger partial charge in [0, 0.05) is 57.0 Å². The maximum atomic E-state index is 5.19. The van der Waals surface area contributed by atoms with Crippen molar-refractivity contribution >= 4 is 73.8 Å². The summed E-state index contributed by atoms with van der Waals surface area (Å²) in [5.41, 5.74) is 5.38. The SMILES string of the molecule is c1ccc(-c2ccc3cc(-c4nc(-c5ccc6c(c5)sc5ccccc56)nc(-c5cccc6sc7ccccc7c56)n4)ccc3c2)cc1. The number of fused-ring (bicyclic) bond motifs is 7. The van der Waals surface area contributed by atoms with Crippen LogP contribution in [0.5, 0.6) is 0 Å². The third-order valence-electron chi connectivity index (χ3n) is 9.12. The third kappa shape index (κ3) is 4.51. The molecule has 0 N–H and O–H groups in total. The summed E-state index contributed by atoms with van der Waals surface area (Å²) in [6.07, 6.45) is 0. The van der Waals surface area contributed by atoms with Crippen LogP contribution in [-0.4, -0.2) is 15.0 Å². The molecular formula is C43H25N3S2. The van der Waals surface area contributed by atoms with Crippen LogP contribution in [0.3, 0.4) is 0 Å². The predicted octanol–water partition coefficient (Wildman–Crippen LogP) is 12.4. The zero-order chi connectivity index (χ0) is 31.6. The highest BCUT2D eigenvalue weighted by Crippen LogP contribution is 2.41. The van der Waals surface area contributed by atoms with Crippen molar-refractivity contribution in [3.8, 4) is 45.3 Å². The van der Waals surface area contributed by atoms with Crippen LogP contribution in [0.15, 0.2) is 152 Å². The number of rotatable bonds is 4. The fourth-order valence-electron chi connectivity index (χ4n) is 6.78. The lowest BCUT2D eigenvalue weighted by atomic mass is 10.00. The third-order valence-corrected chi connectivity index (χ3v) is 11.4. The maximum absolute atomic E-state index is 5.19. The Balaban J connectivity index is 1.18. The topological polar surface area (TPSA) is 38.7 Å². The number of thiophene rings is 2. The Morgan fingerprint density at radius 3 is 1.71 bits per heavy atom. The Morgan fingerprint density at radius 2 is 0.896 bits per heavy atom. The first-order chi connectivity index (χ1) is 23.7. The molecule has 0 aliphatic rings. The fraction of sp³-hybridized carbons (Fsp3) is 0. The summed E-state index contributed by atoms with van der Waals surface area (Å²) in [7, 11) is 0. The molecule has 3 heterocycles. The summed E-state index contributed by atoms with van der Waals surface area (Å²) < 4.78 is 4.99. The molecule has 0 saturated carbocycles. The van der Waals surface area contributed by atoms with Gasteiger partial charge >= 0.3 is 0 Å². The zero-order valence-electron chi connectivity index (χ0n) is 25.6. The molecule has 3 nitrogen and oxygen atoms in total. The molecule has 10 aromatic rings. The molecule has 0 spiro atoms. The Hall–Kier alpha value is -5.75. The molecular weight excluding hydrogens is 623 g/mol. The summed E-state index contributed by atoms with van der Waals surface area (Å²) in [6, 6.07) is 53.9. The molecule has 48 heavy (non-hydrogen) atoms. The minimum Gasteiger partial charge on any atom is -0.208 e. The standard InChI is InChI=1S/C43H25N3S2/c1-2-9-26(10-3-1)27-17-18-29-24-30(20-19-28(29)23-27)41-44-42(31-21-22-33-32-11-4-6-14-36(32)48-39(33)25-31)46-43(45-41)35-13-8-16-38-40(35)34-12-5-7-15-37(34)47-38/h1-25H. The monoisotopic (exact) mass is 647 g/mol. The van der Waals surface area contributed by atoms with E-state index in [1.165, 1.54) is 56.9 Å². The molecule has 0 saturated heterocycles. The molecule has 5 heteroatoms. The number of nitrogens with zero attached hydrogens (tertiary/aromatic N) is 3. The second kappa shape index (κ2) is 10.9. The lowest BCUT2D eigenvalue weighted by Gasteiger charge is -2.11. The van der Waals surface area contributed by atoms with E-state index in [9.17, 15) is 0 Å². The average molecular weight is 648 g/mol. The van der Waals surface area contributed by atoms with Crippen LogP contribution in [0.4, 0.5) is 0 Å². The molecule has 0 amide bonds. The molecule has 224 valence electrons. The molecule has 0 atom stereocenters. The summed E-state index contributed by atoms with van der Waals surface area (Å²) in [5, 5.41) is 7.28. The van der Waals surface area contributed by atoms with Crippen molar-refractivity contribution in [3.05, 3.63) is 152 Å². The van der Waals surface area contributed by atoms with Gasteiger partial charge < -0.3 is 0 Å². The van der Waals surface area contributed by atoms with E-state index >= 15 is 0 Å². The summed E-state index contributed by atoms with van der Waals surface area (Å²) in [4.78, 5) is 15.5. The van der Waals surface area contributed by atoms with Gasteiger partial charge in [-0.2, -0.15) is 0 Å². The van der Waals surface area contributed by atoms with Crippen molar-refractivity contribution < 1.29 is 0 Å². The van der Waals surface area contributed by atoms with Gasteiger partial charge in [-0.15, -0.1) is 22.7 Å². The van der Waals surface area contributed by atoms with Gasteiger partial charge in [-0.25, -0.2) is 15.0 Å². The molecule has 0 aliphatic heterocycles. The largest absolute Gasteiger partial charge is 0.208 e. The van der Waals surface area contributed by atoms with E-state index in [-0.39, 0.29) is 0 Å². The van der Waals surface area contributed by atoms with Crippen molar-refractivity contribution in [2.75, 3.05) is 0 Å². The van der Waals surface area contributed by atoms with Crippen LogP contribution in [0.1, 0.15) is 0 Å². The van der Waals surface area contributed by atoms with Gasteiger partial charge in [0.15, 0.2) is 17.5 Å². The summed E-state index contributed by atoms with van der Waals surface area (Å²) >= 11 is 3.61. The summed E-state index contributed by atoms with van der Waals surface area (Å²) in [6.45, 7) is 0. The number of benzene rings is 7. The predicted molar refractivity (Wildman–Crippen MR) is 205 cm³/mol. The van der Waals surface area contributed by atoms with Gasteiger partial charge in [-0.05, 0) is 58.3 Å². The molecule has 7 aromatic carbocycles. The van der Waals surface area contributed by atoms with E-state index in [0.717, 1.165) is 22.1 Å². The Kier molecular flexibility index (Phi) is 6.22. The van der Waals surface area contributed by atoms with E-state index in [2.05, 4.69) is 152 Å². The number of hydrogen-bond acceptors (Lipinski definition) is 5. The van der Waals surface area contributed by atoms with Gasteiger partial charge in [0.2, 0.25) is 0 Å². The Labute approximate surface area is 284 Å². The van der Waals surface area contributed by atoms with Crippen molar-refractivity contribution in [1.29, 1.82) is 0 Å². The quantitative estimate of drug-likeness (QED) is 0.191. The molecule has 0 fully saturated rings. The van der Waals surface area contributed by atoms with E-state index in [1.54, 1.807) is 11.3 Å². The van der Waals surface area contributed by atoms with Gasteiger partial charge in [-0.3, -0.25) is 0 Å². The normalized spacial score (nSPS) is 11.8. The van der Waals surface area contributed by atoms with Gasteiger partial charge in [0.05, 0.1) is 0 Å². The maximum Gasteiger partial charge on any atom is 0.164 e. The lowest BCUT2D eigenvalue weighted by Crippen LogP contribution is -2.00. The van der Waals surface area contributed by atoms with Crippen molar-refractivity contribution in [2.45, 2.75) is 0 Å². The molecule has 10 rings (SSSR count). The zero-order valence-corrected chi connectivity index (χ0v) is 27.2. The highest BCUT2D eigenvalue weighted by molar-refractivity contribution is 7.26. The van der Waals surface area contributed by atoms with Crippen LogP contribution in [0, 0.1) is 0 Å². The lowest BCUT2D eigenvalue weighted by molar-refractivity contribution is 1.08. The fourth-order valence-corrected chi connectivity index (χ4v) is 9.05. The van der Waals surface area contributed by atoms with Gasteiger partial charge in [0.1, 0.15) is 0 Å². The minimum absolute atomic E-state index is 0.664. The van der Waals surface area contributed by atoms with Crippen LogP contribution >= 0.6 is 22.7 Å². The van der Waals surface area contributed by atoms with E-state index < -0.39 is 0 Å². The van der Waals surface area contributed by atoms with Crippen molar-refractivity contribution in [3.63, 3.8) is 0 Å². The van der Waals surface area contributed by atoms with Crippen LogP contribution in [0.2, 0.25) is 0 Å². The van der Waals surface area contributed by atoms with Gasteiger partial charge in [0.25, 0.3) is 0 Å². The van der Waals surface area contributed by atoms with E-state index in [4.69, 9.17) is 15.0 Å². The molecule has 0 aliphatic carbocycles. The van der Waals surface area contributed by atoms with Crippen LogP contribution < -0.4 is 0 Å². The first kappa shape index (κ1) is 27.4. The van der Waals surface area contributed by atoms with Crippen LogP contribution in [-0.2, 0) is 0 Å². The molecule has 0 radical (unpaired) electrons. The van der Waals surface area contributed by atoms with Gasteiger partial charge in [-0.1, -0.05) is 115 Å². The Bertz CT molecular complexity index is 2850. The van der Waals surface area contributed by atoms with Crippen molar-refractivity contribution in [2.24, 2.45) is 0 Å². The van der Waals surface area contributed by atoms with Crippen molar-refractivity contribution in [1.82, 2.24) is 15.0 Å². The highest BCUT2D eigenvalue weighted by atomic mass is 32.1. The van der Waals surface area contributed by atoms with Crippen LogP contribution in [0.25, 0.3) is 96.4 Å². The average Bonchev–Trinajstić information content (AvgIpc) is 3.73. The first-order valence-electron chi connectivity index (χ1n) is 15.9. The summed E-state index contributed by atoms with van der Waals surface area (Å²) in [5.74, 6) is 2.02. The number of hydrogen-bond donors (Lipinski definition) is 0. The minimum atomic E-state index is 0.664. The smallest absolute Gasteiger partial charge is 0.164 e.